The Bertz CT molecular complexity index is 596. The Morgan fingerprint density at radius 1 is 1.27 bits per heavy atom. The second kappa shape index (κ2) is 3.38. The van der Waals surface area contributed by atoms with Crippen molar-refractivity contribution in [2.24, 2.45) is 0 Å². The standard InChI is InChI=1S/C11H13NO2S/c1-3-15(13,14)12-7-6-10-8-9(2)4-5-11(10)12/h4-8H,3H2,1-2H3. The molecule has 4 heteroatoms. The third-order valence-corrected chi connectivity index (χ3v) is 4.12. The van der Waals surface area contributed by atoms with Crippen LogP contribution >= 0.6 is 0 Å². The molecule has 0 atom stereocenters. The molecule has 1 aromatic carbocycles. The number of fused-ring (bicyclic) bond motifs is 1. The molecule has 0 radical (unpaired) electrons. The number of hydrogen-bond donors (Lipinski definition) is 0. The van der Waals surface area contributed by atoms with Crippen LogP contribution in [-0.2, 0) is 10.0 Å². The fourth-order valence-corrected chi connectivity index (χ4v) is 2.61. The van der Waals surface area contributed by atoms with E-state index in [1.807, 2.05) is 31.2 Å². The van der Waals surface area contributed by atoms with Crippen molar-refractivity contribution in [2.45, 2.75) is 13.8 Å². The van der Waals surface area contributed by atoms with Crippen LogP contribution in [0, 0.1) is 6.92 Å². The Labute approximate surface area is 89.4 Å². The molecule has 0 saturated carbocycles. The van der Waals surface area contributed by atoms with E-state index in [0.29, 0.717) is 0 Å². The van der Waals surface area contributed by atoms with Gasteiger partial charge in [0.2, 0.25) is 10.0 Å². The summed E-state index contributed by atoms with van der Waals surface area (Å²) in [5, 5.41) is 0.965. The molecule has 2 aromatic rings. The van der Waals surface area contributed by atoms with Gasteiger partial charge in [0.25, 0.3) is 0 Å². The van der Waals surface area contributed by atoms with Crippen molar-refractivity contribution in [3.8, 4) is 0 Å². The van der Waals surface area contributed by atoms with Gasteiger partial charge in [-0.3, -0.25) is 0 Å². The first-order chi connectivity index (χ1) is 7.04. The Morgan fingerprint density at radius 3 is 2.67 bits per heavy atom. The van der Waals surface area contributed by atoms with Crippen molar-refractivity contribution >= 4 is 20.9 Å². The van der Waals surface area contributed by atoms with Crippen molar-refractivity contribution in [1.82, 2.24) is 3.97 Å². The molecule has 3 nitrogen and oxygen atoms in total. The molecular weight excluding hydrogens is 210 g/mol. The van der Waals surface area contributed by atoms with Gasteiger partial charge < -0.3 is 0 Å². The third kappa shape index (κ3) is 1.65. The highest BCUT2D eigenvalue weighted by molar-refractivity contribution is 7.90. The SMILES string of the molecule is CCS(=O)(=O)n1ccc2cc(C)ccc21. The molecule has 0 aliphatic heterocycles. The number of hydrogen-bond acceptors (Lipinski definition) is 2. The Kier molecular flexibility index (Phi) is 2.31. The predicted molar refractivity (Wildman–Crippen MR) is 61.5 cm³/mol. The lowest BCUT2D eigenvalue weighted by atomic mass is 10.2. The van der Waals surface area contributed by atoms with E-state index in [4.69, 9.17) is 0 Å². The van der Waals surface area contributed by atoms with Crippen LogP contribution < -0.4 is 0 Å². The summed E-state index contributed by atoms with van der Waals surface area (Å²) in [5.41, 5.74) is 1.89. The summed E-state index contributed by atoms with van der Waals surface area (Å²) in [6.45, 7) is 3.64. The van der Waals surface area contributed by atoms with E-state index < -0.39 is 10.0 Å². The Balaban J connectivity index is 2.75. The number of aryl methyl sites for hydroxylation is 1. The fraction of sp³-hybridized carbons (Fsp3) is 0.273. The second-order valence-corrected chi connectivity index (χ2v) is 5.71. The maximum Gasteiger partial charge on any atom is 0.238 e. The Hall–Kier alpha value is -1.29. The van der Waals surface area contributed by atoms with E-state index in [9.17, 15) is 8.42 Å². The normalized spacial score (nSPS) is 12.1. The highest BCUT2D eigenvalue weighted by Crippen LogP contribution is 2.19. The van der Waals surface area contributed by atoms with Gasteiger partial charge >= 0.3 is 0 Å². The van der Waals surface area contributed by atoms with Crippen molar-refractivity contribution in [2.75, 3.05) is 5.75 Å². The van der Waals surface area contributed by atoms with E-state index in [1.165, 1.54) is 3.97 Å². The molecule has 1 heterocycles. The summed E-state index contributed by atoms with van der Waals surface area (Å²) < 4.78 is 24.8. The predicted octanol–water partition coefficient (Wildman–Crippen LogP) is 2.15. The highest BCUT2D eigenvalue weighted by Gasteiger charge is 2.12. The first-order valence-corrected chi connectivity index (χ1v) is 6.46. The van der Waals surface area contributed by atoms with Crippen molar-refractivity contribution in [3.05, 3.63) is 36.0 Å². The molecule has 0 spiro atoms. The summed E-state index contributed by atoms with van der Waals surface area (Å²) in [6.07, 6.45) is 1.61. The lowest BCUT2D eigenvalue weighted by Crippen LogP contribution is -2.13. The molecule has 15 heavy (non-hydrogen) atoms. The second-order valence-electron chi connectivity index (χ2n) is 3.57. The van der Waals surface area contributed by atoms with E-state index in [-0.39, 0.29) is 5.75 Å². The van der Waals surface area contributed by atoms with Crippen LogP contribution in [-0.4, -0.2) is 18.1 Å². The minimum Gasteiger partial charge on any atom is -0.245 e. The van der Waals surface area contributed by atoms with Gasteiger partial charge in [-0.15, -0.1) is 0 Å². The van der Waals surface area contributed by atoms with E-state index in [0.717, 1.165) is 16.5 Å². The smallest absolute Gasteiger partial charge is 0.238 e. The van der Waals surface area contributed by atoms with Crippen LogP contribution in [0.25, 0.3) is 10.9 Å². The molecule has 0 saturated heterocycles. The molecule has 0 aliphatic rings. The molecule has 2 rings (SSSR count). The van der Waals surface area contributed by atoms with Gasteiger partial charge in [0, 0.05) is 11.6 Å². The maximum absolute atomic E-state index is 11.7. The van der Waals surface area contributed by atoms with Gasteiger partial charge in [0.1, 0.15) is 0 Å². The molecule has 0 N–H and O–H groups in total. The summed E-state index contributed by atoms with van der Waals surface area (Å²) >= 11 is 0. The third-order valence-electron chi connectivity index (χ3n) is 2.47. The zero-order valence-corrected chi connectivity index (χ0v) is 9.58. The van der Waals surface area contributed by atoms with Gasteiger partial charge in [-0.2, -0.15) is 0 Å². The van der Waals surface area contributed by atoms with Gasteiger partial charge in [0.15, 0.2) is 0 Å². The number of nitrogens with zero attached hydrogens (tertiary/aromatic N) is 1. The van der Waals surface area contributed by atoms with Crippen molar-refractivity contribution in [3.63, 3.8) is 0 Å². The molecule has 0 fully saturated rings. The molecular formula is C11H13NO2S. The molecule has 0 amide bonds. The van der Waals surface area contributed by atoms with Crippen LogP contribution in [0.3, 0.4) is 0 Å². The van der Waals surface area contributed by atoms with Gasteiger partial charge in [-0.25, -0.2) is 12.4 Å². The van der Waals surface area contributed by atoms with Crippen LogP contribution in [0.5, 0.6) is 0 Å². The zero-order chi connectivity index (χ0) is 11.1. The van der Waals surface area contributed by atoms with E-state index in [1.54, 1.807) is 13.1 Å². The van der Waals surface area contributed by atoms with E-state index in [2.05, 4.69) is 0 Å². The lowest BCUT2D eigenvalue weighted by molar-refractivity contribution is 0.590. The number of aromatic nitrogens is 1. The van der Waals surface area contributed by atoms with Crippen LogP contribution in [0.4, 0.5) is 0 Å². The fourth-order valence-electron chi connectivity index (χ4n) is 1.62. The first-order valence-electron chi connectivity index (χ1n) is 4.85. The molecule has 0 unspecified atom stereocenters. The summed E-state index contributed by atoms with van der Waals surface area (Å²) in [6, 6.07) is 7.58. The molecule has 0 bridgehead atoms. The summed E-state index contributed by atoms with van der Waals surface area (Å²) in [5.74, 6) is 0.116. The van der Waals surface area contributed by atoms with Gasteiger partial charge in [-0.1, -0.05) is 11.6 Å². The largest absolute Gasteiger partial charge is 0.245 e. The van der Waals surface area contributed by atoms with Gasteiger partial charge in [-0.05, 0) is 32.0 Å². The Morgan fingerprint density at radius 2 is 2.00 bits per heavy atom. The highest BCUT2D eigenvalue weighted by atomic mass is 32.2. The average Bonchev–Trinajstić information content (AvgIpc) is 2.61. The minimum absolute atomic E-state index is 0.116. The van der Waals surface area contributed by atoms with Gasteiger partial charge in [0.05, 0.1) is 11.3 Å². The van der Waals surface area contributed by atoms with E-state index >= 15 is 0 Å². The van der Waals surface area contributed by atoms with Crippen molar-refractivity contribution < 1.29 is 8.42 Å². The summed E-state index contributed by atoms with van der Waals surface area (Å²) in [4.78, 5) is 0. The average molecular weight is 223 g/mol. The van der Waals surface area contributed by atoms with Crippen molar-refractivity contribution in [1.29, 1.82) is 0 Å². The monoisotopic (exact) mass is 223 g/mol. The quantitative estimate of drug-likeness (QED) is 0.782. The topological polar surface area (TPSA) is 39.1 Å². The van der Waals surface area contributed by atoms with Crippen LogP contribution in [0.15, 0.2) is 30.5 Å². The van der Waals surface area contributed by atoms with Crippen LogP contribution in [0.1, 0.15) is 12.5 Å². The summed E-state index contributed by atoms with van der Waals surface area (Å²) in [7, 11) is -3.18. The molecule has 0 aliphatic carbocycles. The number of benzene rings is 1. The lowest BCUT2D eigenvalue weighted by Gasteiger charge is -2.04. The molecule has 1 aromatic heterocycles. The number of rotatable bonds is 2. The zero-order valence-electron chi connectivity index (χ0n) is 8.77. The minimum atomic E-state index is -3.18. The maximum atomic E-state index is 11.7. The molecule has 80 valence electrons. The van der Waals surface area contributed by atoms with Crippen LogP contribution in [0.2, 0.25) is 0 Å². The first kappa shape index (κ1) is 10.2.